The first-order valence-corrected chi connectivity index (χ1v) is 8.75. The van der Waals surface area contributed by atoms with Gasteiger partial charge in [0.25, 0.3) is 0 Å². The van der Waals surface area contributed by atoms with Crippen LogP contribution >= 0.6 is 0 Å². The summed E-state index contributed by atoms with van der Waals surface area (Å²) in [5.41, 5.74) is 0.367. The number of rotatable bonds is 3. The summed E-state index contributed by atoms with van der Waals surface area (Å²) in [4.78, 5) is 15.7. The van der Waals surface area contributed by atoms with Crippen molar-refractivity contribution in [3.05, 3.63) is 41.6 Å². The maximum absolute atomic E-state index is 12.9. The number of pyridine rings is 1. The van der Waals surface area contributed by atoms with E-state index in [0.29, 0.717) is 30.4 Å². The van der Waals surface area contributed by atoms with Crippen LogP contribution in [-0.4, -0.2) is 31.8 Å². The number of aryl methyl sites for hydroxylation is 1. The van der Waals surface area contributed by atoms with Crippen LogP contribution in [-0.2, 0) is 17.5 Å². The van der Waals surface area contributed by atoms with E-state index < -0.39 is 17.5 Å². The number of amides is 1. The topological polar surface area (TPSA) is 80.0 Å². The second kappa shape index (κ2) is 6.50. The third-order valence-electron chi connectivity index (χ3n) is 4.81. The minimum atomic E-state index is -4.54. The Labute approximate surface area is 158 Å². The molecular weight excluding hydrogens is 373 g/mol. The molecule has 1 saturated heterocycles. The van der Waals surface area contributed by atoms with E-state index in [-0.39, 0.29) is 23.1 Å². The number of phenolic OH excluding ortho intramolecular Hbond substituents is 1. The van der Waals surface area contributed by atoms with Gasteiger partial charge in [-0.25, -0.2) is 4.98 Å². The van der Waals surface area contributed by atoms with Gasteiger partial charge in [0.05, 0.1) is 17.8 Å². The van der Waals surface area contributed by atoms with Gasteiger partial charge in [-0.1, -0.05) is 0 Å². The van der Waals surface area contributed by atoms with Gasteiger partial charge in [-0.05, 0) is 43.2 Å². The number of carbonyl (C=O) groups excluding carboxylic acids is 1. The molecule has 1 aromatic carbocycles. The van der Waals surface area contributed by atoms with Gasteiger partial charge < -0.3 is 10.4 Å². The smallest absolute Gasteiger partial charge is 0.416 e. The number of aromatic hydroxyl groups is 1. The lowest BCUT2D eigenvalue weighted by molar-refractivity contribution is -0.137. The van der Waals surface area contributed by atoms with Gasteiger partial charge in [-0.15, -0.1) is 0 Å². The molecule has 28 heavy (non-hydrogen) atoms. The number of benzene rings is 1. The number of nitrogens with one attached hydrogen (secondary N) is 1. The van der Waals surface area contributed by atoms with Gasteiger partial charge in [0.15, 0.2) is 5.65 Å². The average molecular weight is 390 g/mol. The van der Waals surface area contributed by atoms with Gasteiger partial charge in [-0.2, -0.15) is 18.3 Å². The number of hydrogen-bond acceptors (Lipinski definition) is 4. The van der Waals surface area contributed by atoms with E-state index in [0.717, 1.165) is 17.9 Å². The van der Waals surface area contributed by atoms with E-state index in [1.54, 1.807) is 23.0 Å². The predicted octanol–water partition coefficient (Wildman–Crippen LogP) is 3.41. The first-order chi connectivity index (χ1) is 13.2. The van der Waals surface area contributed by atoms with E-state index in [1.807, 2.05) is 0 Å². The fourth-order valence-corrected chi connectivity index (χ4v) is 3.49. The number of fused-ring (bicyclic) bond motifs is 1. The molecule has 6 nitrogen and oxygen atoms in total. The van der Waals surface area contributed by atoms with Crippen molar-refractivity contribution in [2.75, 3.05) is 0 Å². The first kappa shape index (κ1) is 18.3. The number of phenols is 1. The molecule has 0 saturated carbocycles. The molecule has 0 bridgehead atoms. The summed E-state index contributed by atoms with van der Waals surface area (Å²) in [5, 5.41) is 18.2. The Morgan fingerprint density at radius 3 is 2.75 bits per heavy atom. The molecule has 9 heteroatoms. The molecule has 0 aliphatic carbocycles. The molecular formula is C19H17F3N4O2. The third kappa shape index (κ3) is 3.39. The number of alkyl halides is 3. The summed E-state index contributed by atoms with van der Waals surface area (Å²) in [6.07, 6.45) is -1.49. The van der Waals surface area contributed by atoms with Crippen LogP contribution < -0.4 is 5.32 Å². The Morgan fingerprint density at radius 1 is 1.32 bits per heavy atom. The van der Waals surface area contributed by atoms with E-state index in [4.69, 9.17) is 0 Å². The molecule has 1 aliphatic rings. The number of hydrogen-bond donors (Lipinski definition) is 2. The second-order valence-electron chi connectivity index (χ2n) is 6.95. The number of aromatic nitrogens is 3. The van der Waals surface area contributed by atoms with Gasteiger partial charge in [0.2, 0.25) is 5.91 Å². The lowest BCUT2D eigenvalue weighted by Crippen LogP contribution is -2.29. The Morgan fingerprint density at radius 2 is 2.11 bits per heavy atom. The largest absolute Gasteiger partial charge is 0.507 e. The molecule has 1 atom stereocenters. The van der Waals surface area contributed by atoms with Crippen molar-refractivity contribution in [3.63, 3.8) is 0 Å². The van der Waals surface area contributed by atoms with Crippen molar-refractivity contribution in [2.45, 2.75) is 38.5 Å². The second-order valence-corrected chi connectivity index (χ2v) is 6.95. The Balaban J connectivity index is 1.67. The van der Waals surface area contributed by atoms with E-state index in [2.05, 4.69) is 15.4 Å². The van der Waals surface area contributed by atoms with Gasteiger partial charge in [-0.3, -0.25) is 9.48 Å². The standard InChI is InChI=1S/C19H17F3N4O2/c1-10-6-12(19(20,21)22)7-15(27)17(10)14-4-2-11-8-26(25-18(11)24-14)9-13-3-5-16(28)23-13/h2,4,6-8,13,27H,3,5,9H2,1H3,(H,23,28)/t13-/m0/s1. The molecule has 2 N–H and O–H groups in total. The normalized spacial score (nSPS) is 17.3. The summed E-state index contributed by atoms with van der Waals surface area (Å²) in [5.74, 6) is -0.456. The number of nitrogens with zero attached hydrogens (tertiary/aromatic N) is 3. The molecule has 2 aromatic heterocycles. The van der Waals surface area contributed by atoms with Crippen LogP contribution in [0.3, 0.4) is 0 Å². The van der Waals surface area contributed by atoms with Crippen LogP contribution in [0, 0.1) is 6.92 Å². The van der Waals surface area contributed by atoms with Crippen LogP contribution in [0.2, 0.25) is 0 Å². The SMILES string of the molecule is Cc1cc(C(F)(F)F)cc(O)c1-c1ccc2cn(C[C@@H]3CCC(=O)N3)nc2n1. The highest BCUT2D eigenvalue weighted by Crippen LogP contribution is 2.38. The molecule has 0 radical (unpaired) electrons. The minimum absolute atomic E-state index is 0.0162. The Kier molecular flexibility index (Phi) is 4.24. The van der Waals surface area contributed by atoms with Crippen LogP contribution in [0.4, 0.5) is 13.2 Å². The van der Waals surface area contributed by atoms with Crippen molar-refractivity contribution in [2.24, 2.45) is 0 Å². The highest BCUT2D eigenvalue weighted by Gasteiger charge is 2.32. The van der Waals surface area contributed by atoms with E-state index >= 15 is 0 Å². The van der Waals surface area contributed by atoms with Crippen molar-refractivity contribution in [3.8, 4) is 17.0 Å². The van der Waals surface area contributed by atoms with E-state index in [1.165, 1.54) is 6.92 Å². The van der Waals surface area contributed by atoms with E-state index in [9.17, 15) is 23.1 Å². The lowest BCUT2D eigenvalue weighted by atomic mass is 10.00. The van der Waals surface area contributed by atoms with Crippen molar-refractivity contribution in [1.82, 2.24) is 20.1 Å². The maximum atomic E-state index is 12.9. The predicted molar refractivity (Wildman–Crippen MR) is 95.5 cm³/mol. The highest BCUT2D eigenvalue weighted by molar-refractivity contribution is 5.81. The Bertz CT molecular complexity index is 1050. The summed E-state index contributed by atoms with van der Waals surface area (Å²) in [6, 6.07) is 5.10. The van der Waals surface area contributed by atoms with Crippen LogP contribution in [0.25, 0.3) is 22.3 Å². The molecule has 3 aromatic rings. The molecule has 4 rings (SSSR count). The summed E-state index contributed by atoms with van der Waals surface area (Å²) >= 11 is 0. The lowest BCUT2D eigenvalue weighted by Gasteiger charge is -2.13. The quantitative estimate of drug-likeness (QED) is 0.718. The summed E-state index contributed by atoms with van der Waals surface area (Å²) in [7, 11) is 0. The monoisotopic (exact) mass is 390 g/mol. The molecule has 3 heterocycles. The fraction of sp³-hybridized carbons (Fsp3) is 0.316. The zero-order valence-corrected chi connectivity index (χ0v) is 14.9. The molecule has 0 spiro atoms. The molecule has 1 amide bonds. The summed E-state index contributed by atoms with van der Waals surface area (Å²) < 4.78 is 40.4. The van der Waals surface area contributed by atoms with Gasteiger partial charge in [0.1, 0.15) is 5.75 Å². The van der Waals surface area contributed by atoms with Gasteiger partial charge >= 0.3 is 6.18 Å². The molecule has 0 unspecified atom stereocenters. The Hall–Kier alpha value is -3.10. The minimum Gasteiger partial charge on any atom is -0.507 e. The molecule has 1 aliphatic heterocycles. The van der Waals surface area contributed by atoms with Crippen molar-refractivity contribution < 1.29 is 23.1 Å². The third-order valence-corrected chi connectivity index (χ3v) is 4.81. The maximum Gasteiger partial charge on any atom is 0.416 e. The zero-order valence-electron chi connectivity index (χ0n) is 14.9. The van der Waals surface area contributed by atoms with Crippen molar-refractivity contribution in [1.29, 1.82) is 0 Å². The molecule has 146 valence electrons. The summed E-state index contributed by atoms with van der Waals surface area (Å²) in [6.45, 7) is 2.01. The van der Waals surface area contributed by atoms with Crippen LogP contribution in [0.5, 0.6) is 5.75 Å². The first-order valence-electron chi connectivity index (χ1n) is 8.75. The molecule has 1 fully saturated rings. The highest BCUT2D eigenvalue weighted by atomic mass is 19.4. The van der Waals surface area contributed by atoms with Gasteiger partial charge in [0, 0.05) is 29.6 Å². The van der Waals surface area contributed by atoms with Crippen LogP contribution in [0.15, 0.2) is 30.5 Å². The fourth-order valence-electron chi connectivity index (χ4n) is 3.49. The number of halogens is 3. The van der Waals surface area contributed by atoms with Crippen LogP contribution in [0.1, 0.15) is 24.0 Å². The number of carbonyl (C=O) groups is 1. The van der Waals surface area contributed by atoms with Crippen molar-refractivity contribution >= 4 is 16.9 Å². The zero-order chi connectivity index (χ0) is 20.1. The average Bonchev–Trinajstić information content (AvgIpc) is 3.18.